The molecular weight excluding hydrogens is 400 g/mol. The van der Waals surface area contributed by atoms with Gasteiger partial charge in [0.15, 0.2) is 0 Å². The summed E-state index contributed by atoms with van der Waals surface area (Å²) in [7, 11) is 0. The van der Waals surface area contributed by atoms with E-state index in [0.29, 0.717) is 11.6 Å². The van der Waals surface area contributed by atoms with Crippen LogP contribution in [0.3, 0.4) is 0 Å². The van der Waals surface area contributed by atoms with Gasteiger partial charge >= 0.3 is 12.1 Å². The van der Waals surface area contributed by atoms with Gasteiger partial charge in [-0.15, -0.1) is 11.3 Å². The van der Waals surface area contributed by atoms with Crippen molar-refractivity contribution in [3.8, 4) is 0 Å². The monoisotopic (exact) mass is 414 g/mol. The lowest BCUT2D eigenvalue weighted by molar-refractivity contribution is -0.140. The van der Waals surface area contributed by atoms with E-state index in [0.717, 1.165) is 17.4 Å². The Kier molecular flexibility index (Phi) is 5.24. The molecular formula is C18H14F4N2O3S. The highest BCUT2D eigenvalue weighted by atomic mass is 32.1. The van der Waals surface area contributed by atoms with Crippen LogP contribution in [0.4, 0.5) is 17.6 Å². The van der Waals surface area contributed by atoms with Crippen LogP contribution in [-0.4, -0.2) is 22.5 Å². The third-order valence-corrected chi connectivity index (χ3v) is 5.22. The number of carbonyl (C=O) groups excluding carboxylic acids is 1. The highest BCUT2D eigenvalue weighted by Gasteiger charge is 2.34. The maximum atomic E-state index is 14.2. The van der Waals surface area contributed by atoms with Crippen LogP contribution in [0.15, 0.2) is 23.0 Å². The molecule has 3 aromatic rings. The minimum absolute atomic E-state index is 0.00705. The van der Waals surface area contributed by atoms with Crippen molar-refractivity contribution in [2.24, 2.45) is 0 Å². The van der Waals surface area contributed by atoms with E-state index in [1.165, 1.54) is 6.07 Å². The molecule has 0 unspecified atom stereocenters. The number of aromatic nitrogens is 2. The highest BCUT2D eigenvalue weighted by Crippen LogP contribution is 2.33. The molecule has 1 N–H and O–H groups in total. The first-order chi connectivity index (χ1) is 13.1. The van der Waals surface area contributed by atoms with Crippen LogP contribution in [-0.2, 0) is 17.3 Å². The van der Waals surface area contributed by atoms with Gasteiger partial charge in [-0.2, -0.15) is 13.2 Å². The molecule has 0 amide bonds. The fourth-order valence-corrected chi connectivity index (χ4v) is 3.87. The lowest BCUT2D eigenvalue weighted by atomic mass is 10.1. The Morgan fingerprint density at radius 1 is 1.32 bits per heavy atom. The fraction of sp³-hybridized carbons (Fsp3) is 0.278. The Balaban J connectivity index is 2.04. The molecule has 0 aliphatic rings. The summed E-state index contributed by atoms with van der Waals surface area (Å²) < 4.78 is 57.8. The summed E-state index contributed by atoms with van der Waals surface area (Å²) in [5.41, 5.74) is -1.79. The molecule has 0 radical (unpaired) electrons. The van der Waals surface area contributed by atoms with E-state index in [1.54, 1.807) is 13.8 Å². The Morgan fingerprint density at radius 2 is 2.04 bits per heavy atom. The number of alkyl halides is 3. The average molecular weight is 414 g/mol. The number of fused-ring (bicyclic) bond motifs is 1. The first-order valence-electron chi connectivity index (χ1n) is 8.17. The summed E-state index contributed by atoms with van der Waals surface area (Å²) in [6, 6.07) is 2.93. The SMILES string of the molecule is CCOC(=O)c1sc2nc(Cc3cccc(C(F)(F)F)c3F)[nH]c(=O)c2c1C. The molecule has 2 aromatic heterocycles. The minimum atomic E-state index is -4.83. The van der Waals surface area contributed by atoms with Gasteiger partial charge in [-0.05, 0) is 31.0 Å². The van der Waals surface area contributed by atoms with Crippen molar-refractivity contribution in [3.63, 3.8) is 0 Å². The highest BCUT2D eigenvalue weighted by molar-refractivity contribution is 7.20. The van der Waals surface area contributed by atoms with Gasteiger partial charge in [-0.25, -0.2) is 14.2 Å². The van der Waals surface area contributed by atoms with Gasteiger partial charge in [-0.1, -0.05) is 12.1 Å². The molecule has 0 bridgehead atoms. The van der Waals surface area contributed by atoms with Crippen molar-refractivity contribution in [1.82, 2.24) is 9.97 Å². The average Bonchev–Trinajstić information content (AvgIpc) is 2.93. The zero-order valence-electron chi connectivity index (χ0n) is 14.7. The van der Waals surface area contributed by atoms with Crippen molar-refractivity contribution in [2.75, 3.05) is 6.61 Å². The second kappa shape index (κ2) is 7.34. The number of aryl methyl sites for hydroxylation is 1. The Labute approximate surface area is 160 Å². The van der Waals surface area contributed by atoms with Crippen molar-refractivity contribution in [1.29, 1.82) is 0 Å². The molecule has 0 aliphatic heterocycles. The van der Waals surface area contributed by atoms with Crippen LogP contribution < -0.4 is 5.56 Å². The number of ether oxygens (including phenoxy) is 1. The lowest BCUT2D eigenvalue weighted by Crippen LogP contribution is -2.14. The smallest absolute Gasteiger partial charge is 0.419 e. The number of hydrogen-bond acceptors (Lipinski definition) is 5. The van der Waals surface area contributed by atoms with Crippen molar-refractivity contribution >= 4 is 27.5 Å². The quantitative estimate of drug-likeness (QED) is 0.513. The predicted molar refractivity (Wildman–Crippen MR) is 95.1 cm³/mol. The van der Waals surface area contributed by atoms with Crippen molar-refractivity contribution in [3.05, 3.63) is 61.8 Å². The number of carbonyl (C=O) groups is 1. The van der Waals surface area contributed by atoms with Crippen LogP contribution in [0.25, 0.3) is 10.2 Å². The third-order valence-electron chi connectivity index (χ3n) is 4.05. The topological polar surface area (TPSA) is 72.0 Å². The van der Waals surface area contributed by atoms with Gasteiger partial charge in [0.2, 0.25) is 0 Å². The lowest BCUT2D eigenvalue weighted by Gasteiger charge is -2.11. The first kappa shape index (κ1) is 20.0. The number of nitrogens with one attached hydrogen (secondary N) is 1. The number of nitrogens with zero attached hydrogens (tertiary/aromatic N) is 1. The standard InChI is InChI=1S/C18H14F4N2O3S/c1-3-27-17(26)14-8(2)12-15(25)23-11(24-16(12)28-14)7-9-5-4-6-10(13(9)19)18(20,21)22/h4-6H,3,7H2,1-2H3,(H,23,24,25). The van der Waals surface area contributed by atoms with Crippen LogP contribution in [0.5, 0.6) is 0 Å². The van der Waals surface area contributed by atoms with E-state index in [1.807, 2.05) is 0 Å². The molecule has 28 heavy (non-hydrogen) atoms. The van der Waals surface area contributed by atoms with Crippen molar-refractivity contribution < 1.29 is 27.1 Å². The number of hydrogen-bond donors (Lipinski definition) is 1. The van der Waals surface area contributed by atoms with Crippen molar-refractivity contribution in [2.45, 2.75) is 26.4 Å². The summed E-state index contributed by atoms with van der Waals surface area (Å²) in [6.45, 7) is 3.39. The normalized spacial score (nSPS) is 11.8. The molecule has 0 fully saturated rings. The van der Waals surface area contributed by atoms with Crippen LogP contribution in [0.1, 0.15) is 39.1 Å². The predicted octanol–water partition coefficient (Wildman–Crippen LogP) is 4.22. The van der Waals surface area contributed by atoms with E-state index < -0.39 is 29.1 Å². The molecule has 0 atom stereocenters. The number of aromatic amines is 1. The Bertz CT molecular complexity index is 1120. The largest absolute Gasteiger partial charge is 0.462 e. The zero-order valence-corrected chi connectivity index (χ0v) is 15.6. The molecule has 0 saturated carbocycles. The van der Waals surface area contributed by atoms with Gasteiger partial charge < -0.3 is 9.72 Å². The molecule has 1 aromatic carbocycles. The molecule has 0 spiro atoms. The molecule has 3 rings (SSSR count). The number of esters is 1. The van der Waals surface area contributed by atoms with Crippen LogP contribution in [0.2, 0.25) is 0 Å². The maximum absolute atomic E-state index is 14.2. The second-order valence-corrected chi connectivity index (χ2v) is 6.92. The zero-order chi connectivity index (χ0) is 20.6. The Hall–Kier alpha value is -2.75. The summed E-state index contributed by atoms with van der Waals surface area (Å²) in [5.74, 6) is -2.01. The summed E-state index contributed by atoms with van der Waals surface area (Å²) in [4.78, 5) is 31.5. The van der Waals surface area contributed by atoms with Gasteiger partial charge in [0.05, 0.1) is 17.6 Å². The van der Waals surface area contributed by atoms with Crippen LogP contribution >= 0.6 is 11.3 Å². The molecule has 0 saturated heterocycles. The molecule has 5 nitrogen and oxygen atoms in total. The number of rotatable bonds is 4. The van der Waals surface area contributed by atoms with E-state index in [-0.39, 0.29) is 39.5 Å². The molecule has 148 valence electrons. The van der Waals surface area contributed by atoms with E-state index in [4.69, 9.17) is 4.74 Å². The minimum Gasteiger partial charge on any atom is -0.462 e. The van der Waals surface area contributed by atoms with E-state index in [2.05, 4.69) is 9.97 Å². The number of H-pyrrole nitrogens is 1. The number of benzene rings is 1. The fourth-order valence-electron chi connectivity index (χ4n) is 2.78. The van der Waals surface area contributed by atoms with Gasteiger partial charge in [0, 0.05) is 6.42 Å². The molecule has 0 aliphatic carbocycles. The molecule has 2 heterocycles. The van der Waals surface area contributed by atoms with Gasteiger partial charge in [0.25, 0.3) is 5.56 Å². The maximum Gasteiger partial charge on any atom is 0.419 e. The Morgan fingerprint density at radius 3 is 2.68 bits per heavy atom. The molecule has 10 heteroatoms. The van der Waals surface area contributed by atoms with Gasteiger partial charge in [0.1, 0.15) is 21.3 Å². The number of halogens is 4. The van der Waals surface area contributed by atoms with Gasteiger partial charge in [-0.3, -0.25) is 4.79 Å². The summed E-state index contributed by atoms with van der Waals surface area (Å²) in [5, 5.41) is 0.196. The first-order valence-corrected chi connectivity index (χ1v) is 8.99. The summed E-state index contributed by atoms with van der Waals surface area (Å²) in [6.07, 6.45) is -5.17. The van der Waals surface area contributed by atoms with E-state index in [9.17, 15) is 27.2 Å². The van der Waals surface area contributed by atoms with Crippen LogP contribution in [0, 0.1) is 12.7 Å². The third kappa shape index (κ3) is 3.64. The number of thiophene rings is 1. The second-order valence-electron chi connectivity index (χ2n) is 5.92. The van der Waals surface area contributed by atoms with E-state index >= 15 is 0 Å². The summed E-state index contributed by atoms with van der Waals surface area (Å²) >= 11 is 0.943.